The second-order valence-electron chi connectivity index (χ2n) is 4.84. The summed E-state index contributed by atoms with van der Waals surface area (Å²) in [4.78, 5) is 12.2. The largest absolute Gasteiger partial charge is 0.416 e. The molecule has 0 N–H and O–H groups in total. The second kappa shape index (κ2) is 5.31. The first-order valence-corrected chi connectivity index (χ1v) is 6.19. The van der Waals surface area contributed by atoms with Crippen molar-refractivity contribution in [2.45, 2.75) is 20.0 Å². The summed E-state index contributed by atoms with van der Waals surface area (Å²) in [5, 5.41) is 0. The summed E-state index contributed by atoms with van der Waals surface area (Å²) in [5.41, 5.74) is 0.195. The zero-order valence-electron chi connectivity index (χ0n) is 11.4. The highest BCUT2D eigenvalue weighted by Crippen LogP contribution is 2.29. The van der Waals surface area contributed by atoms with Gasteiger partial charge in [-0.15, -0.1) is 0 Å². The normalized spacial score (nSPS) is 11.5. The van der Waals surface area contributed by atoms with Gasteiger partial charge in [0.05, 0.1) is 11.1 Å². The number of aryl methyl sites for hydroxylation is 2. The van der Waals surface area contributed by atoms with Crippen molar-refractivity contribution in [1.29, 1.82) is 0 Å². The van der Waals surface area contributed by atoms with E-state index in [1.165, 1.54) is 6.07 Å². The molecule has 0 atom stereocenters. The fourth-order valence-corrected chi connectivity index (χ4v) is 2.16. The minimum Gasteiger partial charge on any atom is -0.288 e. The third-order valence-electron chi connectivity index (χ3n) is 3.13. The third kappa shape index (κ3) is 3.12. The van der Waals surface area contributed by atoms with Gasteiger partial charge in [-0.2, -0.15) is 13.2 Å². The van der Waals surface area contributed by atoms with Crippen LogP contribution in [0.4, 0.5) is 17.6 Å². The van der Waals surface area contributed by atoms with Crippen molar-refractivity contribution in [1.82, 2.24) is 0 Å². The van der Waals surface area contributed by atoms with E-state index in [2.05, 4.69) is 0 Å². The Kier molecular flexibility index (Phi) is 3.85. The number of carbonyl (C=O) groups excluding carboxylic acids is 1. The van der Waals surface area contributed by atoms with E-state index >= 15 is 0 Å². The van der Waals surface area contributed by atoms with E-state index in [-0.39, 0.29) is 11.1 Å². The van der Waals surface area contributed by atoms with Gasteiger partial charge < -0.3 is 0 Å². The van der Waals surface area contributed by atoms with Crippen LogP contribution in [0.25, 0.3) is 0 Å². The Morgan fingerprint density at radius 2 is 1.57 bits per heavy atom. The van der Waals surface area contributed by atoms with Gasteiger partial charge in [0, 0.05) is 5.56 Å². The minimum absolute atomic E-state index is 0.0221. The average Bonchev–Trinajstić information content (AvgIpc) is 2.36. The molecule has 1 nitrogen and oxygen atoms in total. The van der Waals surface area contributed by atoms with Gasteiger partial charge in [-0.05, 0) is 43.2 Å². The molecule has 0 radical (unpaired) electrons. The number of rotatable bonds is 2. The summed E-state index contributed by atoms with van der Waals surface area (Å²) in [6.07, 6.45) is -4.47. The first-order chi connectivity index (χ1) is 9.70. The number of hydrogen-bond acceptors (Lipinski definition) is 1. The molecule has 0 saturated carbocycles. The van der Waals surface area contributed by atoms with E-state index in [0.29, 0.717) is 11.1 Å². The van der Waals surface area contributed by atoms with E-state index < -0.39 is 23.3 Å². The molecule has 2 rings (SSSR count). The van der Waals surface area contributed by atoms with Gasteiger partial charge in [0.25, 0.3) is 0 Å². The molecule has 0 heterocycles. The standard InChI is InChI=1S/C16H12F4O/c1-9-7-10(2)14(13(17)8-9)15(21)11-3-5-12(6-4-11)16(18,19)20/h3-8H,1-2H3. The van der Waals surface area contributed by atoms with Crippen molar-refractivity contribution >= 4 is 5.78 Å². The summed E-state index contributed by atoms with van der Waals surface area (Å²) in [6.45, 7) is 3.29. The number of benzene rings is 2. The summed E-state index contributed by atoms with van der Waals surface area (Å²) in [7, 11) is 0. The maximum atomic E-state index is 13.9. The molecule has 0 aromatic heterocycles. The van der Waals surface area contributed by atoms with E-state index in [9.17, 15) is 22.4 Å². The van der Waals surface area contributed by atoms with Gasteiger partial charge in [0.1, 0.15) is 5.82 Å². The molecule has 0 amide bonds. The molecule has 5 heteroatoms. The molecule has 0 unspecified atom stereocenters. The van der Waals surface area contributed by atoms with Gasteiger partial charge in [-0.25, -0.2) is 4.39 Å². The van der Waals surface area contributed by atoms with Crippen LogP contribution in [0.15, 0.2) is 36.4 Å². The van der Waals surface area contributed by atoms with Crippen LogP contribution in [0.2, 0.25) is 0 Å². The van der Waals surface area contributed by atoms with Gasteiger partial charge in [-0.3, -0.25) is 4.79 Å². The van der Waals surface area contributed by atoms with Crippen LogP contribution in [0.5, 0.6) is 0 Å². The van der Waals surface area contributed by atoms with Gasteiger partial charge >= 0.3 is 6.18 Å². The Labute approximate surface area is 119 Å². The Morgan fingerprint density at radius 1 is 1.00 bits per heavy atom. The zero-order valence-corrected chi connectivity index (χ0v) is 11.4. The van der Waals surface area contributed by atoms with Crippen LogP contribution in [-0.2, 0) is 6.18 Å². The van der Waals surface area contributed by atoms with Crippen molar-refractivity contribution in [3.63, 3.8) is 0 Å². The Balaban J connectivity index is 2.42. The average molecular weight is 296 g/mol. The van der Waals surface area contributed by atoms with E-state index in [4.69, 9.17) is 0 Å². The first kappa shape index (κ1) is 15.2. The molecular formula is C16H12F4O. The monoisotopic (exact) mass is 296 g/mol. The fourth-order valence-electron chi connectivity index (χ4n) is 2.16. The van der Waals surface area contributed by atoms with E-state index in [0.717, 1.165) is 24.3 Å². The van der Waals surface area contributed by atoms with E-state index in [1.807, 2.05) is 0 Å². The van der Waals surface area contributed by atoms with Crippen molar-refractivity contribution < 1.29 is 22.4 Å². The van der Waals surface area contributed by atoms with Crippen molar-refractivity contribution in [3.8, 4) is 0 Å². The maximum absolute atomic E-state index is 13.9. The Morgan fingerprint density at radius 3 is 2.05 bits per heavy atom. The highest BCUT2D eigenvalue weighted by molar-refractivity contribution is 6.10. The molecule has 2 aromatic carbocycles. The molecule has 0 fully saturated rings. The van der Waals surface area contributed by atoms with Crippen molar-refractivity contribution in [3.05, 3.63) is 70.0 Å². The highest BCUT2D eigenvalue weighted by atomic mass is 19.4. The summed E-state index contributed by atoms with van der Waals surface area (Å²) in [6, 6.07) is 6.63. The van der Waals surface area contributed by atoms with Crippen molar-refractivity contribution in [2.75, 3.05) is 0 Å². The summed E-state index contributed by atoms with van der Waals surface area (Å²) < 4.78 is 51.3. The lowest BCUT2D eigenvalue weighted by atomic mass is 9.96. The molecule has 0 aliphatic rings. The van der Waals surface area contributed by atoms with Crippen LogP contribution in [0, 0.1) is 19.7 Å². The fraction of sp³-hybridized carbons (Fsp3) is 0.188. The molecule has 0 spiro atoms. The van der Waals surface area contributed by atoms with Crippen LogP contribution >= 0.6 is 0 Å². The smallest absolute Gasteiger partial charge is 0.288 e. The number of alkyl halides is 3. The molecule has 0 aliphatic heterocycles. The molecule has 0 aliphatic carbocycles. The molecular weight excluding hydrogens is 284 g/mol. The molecule has 0 saturated heterocycles. The maximum Gasteiger partial charge on any atom is 0.416 e. The van der Waals surface area contributed by atoms with Gasteiger partial charge in [-0.1, -0.05) is 18.2 Å². The minimum atomic E-state index is -4.47. The lowest BCUT2D eigenvalue weighted by Crippen LogP contribution is -2.09. The second-order valence-corrected chi connectivity index (χ2v) is 4.84. The number of carbonyl (C=O) groups is 1. The molecule has 2 aromatic rings. The third-order valence-corrected chi connectivity index (χ3v) is 3.13. The lowest BCUT2D eigenvalue weighted by molar-refractivity contribution is -0.137. The van der Waals surface area contributed by atoms with Crippen LogP contribution in [0.1, 0.15) is 32.6 Å². The molecule has 0 bridgehead atoms. The summed E-state index contributed by atoms with van der Waals surface area (Å²) in [5.74, 6) is -1.30. The van der Waals surface area contributed by atoms with Gasteiger partial charge in [0.15, 0.2) is 5.78 Å². The number of ketones is 1. The Hall–Kier alpha value is -2.17. The van der Waals surface area contributed by atoms with Crippen LogP contribution in [0.3, 0.4) is 0 Å². The zero-order chi connectivity index (χ0) is 15.8. The SMILES string of the molecule is Cc1cc(C)c(C(=O)c2ccc(C(F)(F)F)cc2)c(F)c1. The number of halogens is 4. The van der Waals surface area contributed by atoms with Gasteiger partial charge in [0.2, 0.25) is 0 Å². The van der Waals surface area contributed by atoms with Crippen LogP contribution in [-0.4, -0.2) is 5.78 Å². The summed E-state index contributed by atoms with van der Waals surface area (Å²) >= 11 is 0. The Bertz CT molecular complexity index is 661. The quantitative estimate of drug-likeness (QED) is 0.580. The lowest BCUT2D eigenvalue weighted by Gasteiger charge is -2.10. The van der Waals surface area contributed by atoms with E-state index in [1.54, 1.807) is 19.9 Å². The first-order valence-electron chi connectivity index (χ1n) is 6.19. The number of hydrogen-bond donors (Lipinski definition) is 0. The van der Waals surface area contributed by atoms with Crippen LogP contribution < -0.4 is 0 Å². The topological polar surface area (TPSA) is 17.1 Å². The van der Waals surface area contributed by atoms with Crippen molar-refractivity contribution in [2.24, 2.45) is 0 Å². The predicted molar refractivity (Wildman–Crippen MR) is 70.8 cm³/mol. The molecule has 21 heavy (non-hydrogen) atoms. The highest BCUT2D eigenvalue weighted by Gasteiger charge is 2.30. The molecule has 110 valence electrons. The predicted octanol–water partition coefficient (Wildman–Crippen LogP) is 4.69.